The Kier molecular flexibility index (Phi) is 6.09. The van der Waals surface area contributed by atoms with Gasteiger partial charge in [-0.05, 0) is 0 Å². The Balaban J connectivity index is 2.93. The van der Waals surface area contributed by atoms with Gasteiger partial charge in [-0.3, -0.25) is 4.79 Å². The first-order valence-electron chi connectivity index (χ1n) is 6.20. The van der Waals surface area contributed by atoms with Gasteiger partial charge in [-0.1, -0.05) is 0 Å². The summed E-state index contributed by atoms with van der Waals surface area (Å²) in [5, 5.41) is 40.2. The van der Waals surface area contributed by atoms with Crippen LogP contribution in [0.4, 0.5) is 0 Å². The molecule has 0 aromatic heterocycles. The molecule has 0 aromatic carbocycles. The molecule has 1 aliphatic rings. The van der Waals surface area contributed by atoms with E-state index in [1.807, 2.05) is 0 Å². The second-order valence-corrected chi connectivity index (χ2v) is 4.56. The zero-order chi connectivity index (χ0) is 16.2. The Hall–Kier alpha value is -1.68. The van der Waals surface area contributed by atoms with Crippen molar-refractivity contribution >= 4 is 11.9 Å². The largest absolute Gasteiger partial charge is 0.490 e. The SMILES string of the molecule is COC1=C[C@@H]([C@@H](NC(C)=O)[C@@H](O)[C@H](O)[C@@H](O)CO)OC1=O. The van der Waals surface area contributed by atoms with Gasteiger partial charge in [0, 0.05) is 13.0 Å². The number of carbonyl (C=O) groups is 2. The molecule has 1 aliphatic heterocycles. The highest BCUT2D eigenvalue weighted by Crippen LogP contribution is 2.20. The van der Waals surface area contributed by atoms with Crippen molar-refractivity contribution in [1.82, 2.24) is 5.32 Å². The van der Waals surface area contributed by atoms with E-state index < -0.39 is 48.9 Å². The highest BCUT2D eigenvalue weighted by atomic mass is 16.6. The minimum atomic E-state index is -1.74. The topological polar surface area (TPSA) is 146 Å². The van der Waals surface area contributed by atoms with Crippen molar-refractivity contribution in [2.24, 2.45) is 0 Å². The number of aliphatic hydroxyl groups is 4. The van der Waals surface area contributed by atoms with Crippen molar-refractivity contribution in [1.29, 1.82) is 0 Å². The van der Waals surface area contributed by atoms with Gasteiger partial charge in [-0.25, -0.2) is 4.79 Å². The van der Waals surface area contributed by atoms with Crippen LogP contribution in [-0.2, 0) is 19.1 Å². The zero-order valence-electron chi connectivity index (χ0n) is 11.6. The summed E-state index contributed by atoms with van der Waals surface area (Å²) < 4.78 is 9.68. The van der Waals surface area contributed by atoms with Crippen LogP contribution in [-0.4, -0.2) is 76.5 Å². The predicted octanol–water partition coefficient (Wildman–Crippen LogP) is -2.98. The Labute approximate surface area is 120 Å². The Morgan fingerprint density at radius 1 is 1.43 bits per heavy atom. The maximum Gasteiger partial charge on any atom is 0.374 e. The van der Waals surface area contributed by atoms with Gasteiger partial charge in [0.05, 0.1) is 19.8 Å². The quantitative estimate of drug-likeness (QED) is 0.313. The number of esters is 1. The summed E-state index contributed by atoms with van der Waals surface area (Å²) in [4.78, 5) is 22.6. The van der Waals surface area contributed by atoms with Gasteiger partial charge in [0.15, 0.2) is 0 Å². The van der Waals surface area contributed by atoms with Crippen LogP contribution in [0.3, 0.4) is 0 Å². The standard InChI is InChI=1S/C12H19NO8/c1-5(15)13-9(11(18)10(17)6(16)4-14)7-3-8(20-2)12(19)21-7/h3,6-7,9-11,14,16-18H,4H2,1-2H3,(H,13,15)/t6-,7-,9+,10+,11+/m0/s1. The second kappa shape index (κ2) is 7.36. The van der Waals surface area contributed by atoms with E-state index in [1.165, 1.54) is 20.1 Å². The van der Waals surface area contributed by atoms with Gasteiger partial charge in [-0.15, -0.1) is 0 Å². The molecule has 21 heavy (non-hydrogen) atoms. The van der Waals surface area contributed by atoms with Crippen molar-refractivity contribution in [2.75, 3.05) is 13.7 Å². The van der Waals surface area contributed by atoms with Gasteiger partial charge in [-0.2, -0.15) is 0 Å². The average Bonchev–Trinajstić information content (AvgIpc) is 2.82. The molecule has 0 radical (unpaired) electrons. The Bertz CT molecular complexity index is 423. The van der Waals surface area contributed by atoms with Crippen molar-refractivity contribution in [3.63, 3.8) is 0 Å². The van der Waals surface area contributed by atoms with E-state index in [0.29, 0.717) is 0 Å². The van der Waals surface area contributed by atoms with Crippen LogP contribution in [0.5, 0.6) is 0 Å². The molecule has 5 atom stereocenters. The van der Waals surface area contributed by atoms with E-state index in [2.05, 4.69) is 5.32 Å². The van der Waals surface area contributed by atoms with E-state index in [4.69, 9.17) is 14.6 Å². The molecule has 9 nitrogen and oxygen atoms in total. The van der Waals surface area contributed by atoms with Gasteiger partial charge < -0.3 is 35.2 Å². The van der Waals surface area contributed by atoms with E-state index in [1.54, 1.807) is 0 Å². The second-order valence-electron chi connectivity index (χ2n) is 4.56. The molecule has 0 bridgehead atoms. The van der Waals surface area contributed by atoms with Crippen LogP contribution in [0.15, 0.2) is 11.8 Å². The lowest BCUT2D eigenvalue weighted by atomic mass is 9.96. The van der Waals surface area contributed by atoms with Crippen LogP contribution >= 0.6 is 0 Å². The summed E-state index contributed by atoms with van der Waals surface area (Å²) in [6, 6.07) is -1.21. The minimum Gasteiger partial charge on any atom is -0.490 e. The summed E-state index contributed by atoms with van der Waals surface area (Å²) in [5.74, 6) is -1.41. The van der Waals surface area contributed by atoms with Crippen LogP contribution in [0, 0.1) is 0 Å². The first-order valence-corrected chi connectivity index (χ1v) is 6.20. The predicted molar refractivity (Wildman–Crippen MR) is 67.7 cm³/mol. The first kappa shape index (κ1) is 17.4. The van der Waals surface area contributed by atoms with Gasteiger partial charge in [0.2, 0.25) is 11.7 Å². The zero-order valence-corrected chi connectivity index (χ0v) is 11.6. The van der Waals surface area contributed by atoms with E-state index in [9.17, 15) is 24.9 Å². The molecule has 0 aromatic rings. The highest BCUT2D eigenvalue weighted by molar-refractivity contribution is 5.89. The number of rotatable bonds is 7. The van der Waals surface area contributed by atoms with Crippen LogP contribution < -0.4 is 5.32 Å². The molecular formula is C12H19NO8. The molecule has 5 N–H and O–H groups in total. The van der Waals surface area contributed by atoms with E-state index in [0.717, 1.165) is 0 Å². The number of amides is 1. The fraction of sp³-hybridized carbons (Fsp3) is 0.667. The normalized spacial score (nSPS) is 23.6. The van der Waals surface area contributed by atoms with Crippen molar-refractivity contribution in [3.8, 4) is 0 Å². The summed E-state index contributed by atoms with van der Waals surface area (Å²) in [5.41, 5.74) is 0. The van der Waals surface area contributed by atoms with Gasteiger partial charge in [0.25, 0.3) is 0 Å². The monoisotopic (exact) mass is 305 g/mol. The summed E-state index contributed by atoms with van der Waals surface area (Å²) >= 11 is 0. The molecule has 0 aliphatic carbocycles. The maximum atomic E-state index is 11.4. The molecule has 0 fully saturated rings. The van der Waals surface area contributed by atoms with Crippen LogP contribution in [0.2, 0.25) is 0 Å². The molecule has 1 heterocycles. The van der Waals surface area contributed by atoms with Crippen molar-refractivity contribution < 1.29 is 39.5 Å². The third kappa shape index (κ3) is 4.14. The summed E-state index contributed by atoms with van der Waals surface area (Å²) in [7, 11) is 1.25. The number of ether oxygens (including phenoxy) is 2. The molecule has 9 heteroatoms. The van der Waals surface area contributed by atoms with Gasteiger partial charge >= 0.3 is 5.97 Å². The number of hydrogen-bond donors (Lipinski definition) is 5. The number of hydrogen-bond acceptors (Lipinski definition) is 8. The molecule has 0 saturated heterocycles. The molecular weight excluding hydrogens is 286 g/mol. The third-order valence-corrected chi connectivity index (χ3v) is 3.00. The highest BCUT2D eigenvalue weighted by Gasteiger charge is 2.41. The van der Waals surface area contributed by atoms with Crippen molar-refractivity contribution in [3.05, 3.63) is 11.8 Å². The van der Waals surface area contributed by atoms with Gasteiger partial charge in [0.1, 0.15) is 24.4 Å². The lowest BCUT2D eigenvalue weighted by Gasteiger charge is -2.31. The third-order valence-electron chi connectivity index (χ3n) is 3.00. The number of cyclic esters (lactones) is 1. The number of methoxy groups -OCH3 is 1. The van der Waals surface area contributed by atoms with E-state index >= 15 is 0 Å². The fourth-order valence-electron chi connectivity index (χ4n) is 1.91. The molecule has 1 rings (SSSR count). The average molecular weight is 305 g/mol. The number of carbonyl (C=O) groups excluding carboxylic acids is 2. The molecule has 120 valence electrons. The molecule has 0 saturated carbocycles. The molecule has 1 amide bonds. The first-order chi connectivity index (χ1) is 9.81. The Morgan fingerprint density at radius 3 is 2.48 bits per heavy atom. The fourth-order valence-corrected chi connectivity index (χ4v) is 1.91. The smallest absolute Gasteiger partial charge is 0.374 e. The van der Waals surface area contributed by atoms with Crippen molar-refractivity contribution in [2.45, 2.75) is 37.4 Å². The lowest BCUT2D eigenvalue weighted by molar-refractivity contribution is -0.149. The minimum absolute atomic E-state index is 0.0975. The van der Waals surface area contributed by atoms with E-state index in [-0.39, 0.29) is 5.76 Å². The Morgan fingerprint density at radius 2 is 2.05 bits per heavy atom. The van der Waals surface area contributed by atoms with Crippen LogP contribution in [0.25, 0.3) is 0 Å². The van der Waals surface area contributed by atoms with Crippen LogP contribution in [0.1, 0.15) is 6.92 Å². The summed E-state index contributed by atoms with van der Waals surface area (Å²) in [6.45, 7) is 0.390. The maximum absolute atomic E-state index is 11.4. The lowest BCUT2D eigenvalue weighted by Crippen LogP contribution is -2.57. The number of aliphatic hydroxyl groups excluding tert-OH is 4. The number of nitrogens with one attached hydrogen (secondary N) is 1. The molecule has 0 unspecified atom stereocenters. The summed E-state index contributed by atoms with van der Waals surface area (Å²) in [6.07, 6.45) is -4.87. The molecule has 0 spiro atoms.